The maximum absolute atomic E-state index is 9.58. The number of hydrogen-bond acceptors (Lipinski definition) is 4. The van der Waals surface area contributed by atoms with E-state index in [1.54, 1.807) is 0 Å². The van der Waals surface area contributed by atoms with E-state index in [0.717, 1.165) is 78.4 Å². The second-order valence-corrected chi connectivity index (χ2v) is 12.3. The lowest BCUT2D eigenvalue weighted by molar-refractivity contribution is 1.18. The highest BCUT2D eigenvalue weighted by Crippen LogP contribution is 2.40. The first kappa shape index (κ1) is 30.7. The van der Waals surface area contributed by atoms with Gasteiger partial charge in [0.05, 0.1) is 22.8 Å². The van der Waals surface area contributed by atoms with Gasteiger partial charge in [0.2, 0.25) is 0 Å². The maximum atomic E-state index is 9.58. The molecular weight excluding hydrogens is 609 g/mol. The molecule has 0 fully saturated rings. The Morgan fingerprint density at radius 2 is 1.02 bits per heavy atom. The molecule has 8 rings (SSSR count). The Hall–Kier alpha value is -6.65. The predicted molar refractivity (Wildman–Crippen MR) is 207 cm³/mol. The average molecular weight is 643 g/mol. The van der Waals surface area contributed by atoms with Crippen molar-refractivity contribution >= 4 is 23.2 Å². The van der Waals surface area contributed by atoms with Crippen LogP contribution in [0, 0.1) is 5.41 Å². The van der Waals surface area contributed by atoms with E-state index in [0.29, 0.717) is 11.5 Å². The number of hydrogen-bond donors (Lipinski definition) is 2. The van der Waals surface area contributed by atoms with E-state index in [1.807, 2.05) is 104 Å². The molecule has 238 valence electrons. The molecule has 2 N–H and O–H groups in total. The highest BCUT2D eigenvalue weighted by molar-refractivity contribution is 6.16. The fourth-order valence-electron chi connectivity index (χ4n) is 6.55. The first-order valence-corrected chi connectivity index (χ1v) is 16.8. The summed E-state index contributed by atoms with van der Waals surface area (Å²) in [6.45, 7) is 2.03. The lowest BCUT2D eigenvalue weighted by Crippen LogP contribution is -2.19. The molecule has 4 heteroatoms. The summed E-state index contributed by atoms with van der Waals surface area (Å²) in [6.07, 6.45) is 2.18. The maximum Gasteiger partial charge on any atom is 0.160 e. The van der Waals surface area contributed by atoms with Crippen LogP contribution >= 0.6 is 0 Å². The fraction of sp³-hybridized carbons (Fsp3) is 0.0217. The first-order valence-electron chi connectivity index (χ1n) is 16.8. The molecule has 0 aliphatic carbocycles. The van der Waals surface area contributed by atoms with Crippen LogP contribution in [0.1, 0.15) is 29.2 Å². The van der Waals surface area contributed by atoms with Gasteiger partial charge in [-0.1, -0.05) is 164 Å². The second kappa shape index (κ2) is 13.5. The van der Waals surface area contributed by atoms with Gasteiger partial charge in [-0.3, -0.25) is 5.41 Å². The van der Waals surface area contributed by atoms with Crippen molar-refractivity contribution in [1.29, 1.82) is 5.41 Å². The highest BCUT2D eigenvalue weighted by atomic mass is 14.9. The molecule has 0 atom stereocenters. The van der Waals surface area contributed by atoms with E-state index in [4.69, 9.17) is 9.97 Å². The second-order valence-electron chi connectivity index (χ2n) is 12.3. The summed E-state index contributed by atoms with van der Waals surface area (Å²) in [5.41, 5.74) is 13.9. The molecule has 0 spiro atoms. The number of rotatable bonds is 7. The Morgan fingerprint density at radius 1 is 0.520 bits per heavy atom. The Kier molecular flexibility index (Phi) is 8.26. The summed E-state index contributed by atoms with van der Waals surface area (Å²) in [7, 11) is 0. The van der Waals surface area contributed by atoms with Gasteiger partial charge in [-0.15, -0.1) is 0 Å². The molecule has 7 aromatic rings. The lowest BCUT2D eigenvalue weighted by atomic mass is 9.90. The zero-order valence-corrected chi connectivity index (χ0v) is 27.6. The van der Waals surface area contributed by atoms with Gasteiger partial charge in [-0.2, -0.15) is 0 Å². The summed E-state index contributed by atoms with van der Waals surface area (Å²) in [5.74, 6) is 0.667. The molecule has 0 radical (unpaired) electrons. The quantitative estimate of drug-likeness (QED) is 0.170. The summed E-state index contributed by atoms with van der Waals surface area (Å²) >= 11 is 0. The molecule has 4 nitrogen and oxygen atoms in total. The number of benzene rings is 6. The molecule has 1 aliphatic heterocycles. The minimum Gasteiger partial charge on any atom is -0.354 e. The van der Waals surface area contributed by atoms with Gasteiger partial charge in [0.15, 0.2) is 5.82 Å². The molecule has 1 aromatic heterocycles. The fourth-order valence-corrected chi connectivity index (χ4v) is 6.55. The molecule has 6 aromatic carbocycles. The van der Waals surface area contributed by atoms with Crippen LogP contribution in [0.2, 0.25) is 0 Å². The van der Waals surface area contributed by atoms with Crippen molar-refractivity contribution in [3.05, 3.63) is 198 Å². The third kappa shape index (κ3) is 5.95. The lowest BCUT2D eigenvalue weighted by Gasteiger charge is -2.25. The molecular formula is C46H34N4. The zero-order valence-electron chi connectivity index (χ0n) is 27.6. The molecule has 50 heavy (non-hydrogen) atoms. The Bertz CT molecular complexity index is 2330. The predicted octanol–water partition coefficient (Wildman–Crippen LogP) is 11.0. The van der Waals surface area contributed by atoms with E-state index >= 15 is 0 Å². The average Bonchev–Trinajstić information content (AvgIpc) is 3.20. The third-order valence-electron chi connectivity index (χ3n) is 9.10. The van der Waals surface area contributed by atoms with E-state index in [2.05, 4.69) is 84.2 Å². The van der Waals surface area contributed by atoms with Crippen LogP contribution in [0.15, 0.2) is 175 Å². The van der Waals surface area contributed by atoms with Gasteiger partial charge < -0.3 is 5.32 Å². The van der Waals surface area contributed by atoms with Crippen LogP contribution in [0.25, 0.3) is 62.5 Å². The van der Waals surface area contributed by atoms with E-state index in [9.17, 15) is 5.41 Å². The van der Waals surface area contributed by atoms with E-state index < -0.39 is 0 Å². The number of nitrogens with zero attached hydrogens (tertiary/aromatic N) is 2. The molecule has 1 aliphatic rings. The molecule has 0 amide bonds. The normalized spacial score (nSPS) is 13.1. The molecule has 0 unspecified atom stereocenters. The number of nitrogens with one attached hydrogen (secondary N) is 2. The van der Waals surface area contributed by atoms with Gasteiger partial charge in [0, 0.05) is 39.1 Å². The van der Waals surface area contributed by atoms with Crippen molar-refractivity contribution in [2.24, 2.45) is 0 Å². The van der Waals surface area contributed by atoms with Gasteiger partial charge in [0.1, 0.15) is 0 Å². The first-order chi connectivity index (χ1) is 24.6. The third-order valence-corrected chi connectivity index (χ3v) is 9.10. The van der Waals surface area contributed by atoms with Crippen LogP contribution < -0.4 is 5.32 Å². The van der Waals surface area contributed by atoms with Crippen LogP contribution in [-0.2, 0) is 0 Å². The van der Waals surface area contributed by atoms with Crippen molar-refractivity contribution < 1.29 is 0 Å². The van der Waals surface area contributed by atoms with Crippen molar-refractivity contribution in [3.63, 3.8) is 0 Å². The van der Waals surface area contributed by atoms with Crippen LogP contribution in [0.4, 0.5) is 0 Å². The van der Waals surface area contributed by atoms with Crippen molar-refractivity contribution in [1.82, 2.24) is 15.3 Å². The molecule has 2 heterocycles. The Morgan fingerprint density at radius 3 is 1.62 bits per heavy atom. The van der Waals surface area contributed by atoms with Gasteiger partial charge in [-0.25, -0.2) is 9.97 Å². The van der Waals surface area contributed by atoms with Crippen molar-refractivity contribution in [2.45, 2.75) is 6.92 Å². The topological polar surface area (TPSA) is 61.7 Å². The monoisotopic (exact) mass is 642 g/mol. The van der Waals surface area contributed by atoms with E-state index in [1.165, 1.54) is 0 Å². The van der Waals surface area contributed by atoms with Crippen LogP contribution in [-0.4, -0.2) is 15.7 Å². The smallest absolute Gasteiger partial charge is 0.160 e. The minimum absolute atomic E-state index is 0.447. The molecule has 0 bridgehead atoms. The van der Waals surface area contributed by atoms with Crippen molar-refractivity contribution in [2.75, 3.05) is 0 Å². The van der Waals surface area contributed by atoms with Gasteiger partial charge in [0.25, 0.3) is 0 Å². The highest BCUT2D eigenvalue weighted by Gasteiger charge is 2.23. The number of fused-ring (bicyclic) bond motifs is 1. The van der Waals surface area contributed by atoms with E-state index in [-0.39, 0.29) is 0 Å². The standard InChI is InChI=1S/C46H34N4/c1-31(43-39-28-15-14-25-36(39)30-40(48-43)32-17-6-2-7-18-32)42(47)38-27-16-26-37(29-38)41-44(33-19-8-3-9-20-33)49-46(35-23-12-5-13-24-35)50-45(41)34-21-10-4-11-22-34/h2-30,47-48H,1H3/b43-31-,47-42?. The van der Waals surface area contributed by atoms with Gasteiger partial charge >= 0.3 is 0 Å². The Balaban J connectivity index is 1.29. The molecule has 0 saturated heterocycles. The van der Waals surface area contributed by atoms with Crippen LogP contribution in [0.3, 0.4) is 0 Å². The summed E-state index contributed by atoms with van der Waals surface area (Å²) in [5, 5.41) is 13.3. The largest absolute Gasteiger partial charge is 0.354 e. The minimum atomic E-state index is 0.447. The summed E-state index contributed by atoms with van der Waals surface area (Å²) in [4.78, 5) is 10.5. The molecule has 0 saturated carbocycles. The number of aromatic nitrogens is 2. The summed E-state index contributed by atoms with van der Waals surface area (Å²) < 4.78 is 0. The Labute approximate surface area is 292 Å². The zero-order chi connectivity index (χ0) is 33.9. The van der Waals surface area contributed by atoms with Crippen LogP contribution in [0.5, 0.6) is 0 Å². The summed E-state index contributed by atoms with van der Waals surface area (Å²) in [6, 6.07) is 57.7. The SMILES string of the molecule is C/C(C(=N)c1cccc(-c2c(-c3ccccc3)nc(-c3ccccc3)nc2-c2ccccc2)c1)=C1/NC(c2ccccc2)=Cc2ccccc21. The van der Waals surface area contributed by atoms with Gasteiger partial charge in [-0.05, 0) is 41.3 Å². The number of allylic oxidation sites excluding steroid dienone is 1. The van der Waals surface area contributed by atoms with Crippen molar-refractivity contribution in [3.8, 4) is 45.0 Å².